The Morgan fingerprint density at radius 1 is 0.971 bits per heavy atom. The summed E-state index contributed by atoms with van der Waals surface area (Å²) in [4.78, 5) is 27.6. The number of rotatable bonds is 13. The van der Waals surface area contributed by atoms with Gasteiger partial charge >= 0.3 is 0 Å². The molecule has 7 nitrogen and oxygen atoms in total. The summed E-state index contributed by atoms with van der Waals surface area (Å²) < 4.78 is 26.0. The standard InChI is InChI=1S/C25H34ClN3O4S/c1-4-5-9-16-27-25(31)20(2)29(18-22-12-14-23(26)15-13-22)24(30)19-28(34(3,32)33)17-21-10-7-6-8-11-21/h6-8,10-15,20H,4-5,9,16-19H2,1-3H3,(H,27,31)/t20-/m0/s1. The molecule has 0 heterocycles. The average Bonchev–Trinajstić information content (AvgIpc) is 2.80. The van der Waals surface area contributed by atoms with Crippen LogP contribution in [0.4, 0.5) is 0 Å². The number of hydrogen-bond acceptors (Lipinski definition) is 4. The van der Waals surface area contributed by atoms with Crippen LogP contribution < -0.4 is 5.32 Å². The van der Waals surface area contributed by atoms with Gasteiger partial charge in [0, 0.05) is 24.7 Å². The fraction of sp³-hybridized carbons (Fsp3) is 0.440. The molecule has 1 atom stereocenters. The minimum absolute atomic E-state index is 0.0673. The molecule has 0 aliphatic rings. The summed E-state index contributed by atoms with van der Waals surface area (Å²) in [5.41, 5.74) is 1.56. The molecule has 2 rings (SSSR count). The number of sulfonamides is 1. The summed E-state index contributed by atoms with van der Waals surface area (Å²) in [5.74, 6) is -0.722. The third-order valence-electron chi connectivity index (χ3n) is 5.50. The smallest absolute Gasteiger partial charge is 0.242 e. The molecular formula is C25H34ClN3O4S. The first-order valence-corrected chi connectivity index (χ1v) is 13.6. The maximum Gasteiger partial charge on any atom is 0.242 e. The Morgan fingerprint density at radius 2 is 1.59 bits per heavy atom. The Labute approximate surface area is 208 Å². The first-order valence-electron chi connectivity index (χ1n) is 11.4. The first-order chi connectivity index (χ1) is 16.1. The molecule has 1 N–H and O–H groups in total. The molecule has 0 bridgehead atoms. The second kappa shape index (κ2) is 13.5. The Bertz CT molecular complexity index is 1030. The lowest BCUT2D eigenvalue weighted by atomic mass is 10.1. The fourth-order valence-corrected chi connectivity index (χ4v) is 4.28. The van der Waals surface area contributed by atoms with Crippen LogP contribution in [0.3, 0.4) is 0 Å². The van der Waals surface area contributed by atoms with Crippen LogP contribution in [0, 0.1) is 0 Å². The van der Waals surface area contributed by atoms with Gasteiger partial charge < -0.3 is 10.2 Å². The molecule has 2 aromatic carbocycles. The molecule has 2 amide bonds. The quantitative estimate of drug-likeness (QED) is 0.417. The second-order valence-electron chi connectivity index (χ2n) is 8.34. The number of carbonyl (C=O) groups is 2. The average molecular weight is 508 g/mol. The van der Waals surface area contributed by atoms with Crippen LogP contribution in [-0.2, 0) is 32.7 Å². The highest BCUT2D eigenvalue weighted by Gasteiger charge is 2.29. The van der Waals surface area contributed by atoms with Gasteiger partial charge in [-0.2, -0.15) is 4.31 Å². The molecule has 0 radical (unpaired) electrons. The van der Waals surface area contributed by atoms with Gasteiger partial charge in [-0.3, -0.25) is 9.59 Å². The molecule has 2 aromatic rings. The van der Waals surface area contributed by atoms with Gasteiger partial charge in [0.05, 0.1) is 12.8 Å². The SMILES string of the molecule is CCCCCNC(=O)[C@H](C)N(Cc1ccc(Cl)cc1)C(=O)CN(Cc1ccccc1)S(C)(=O)=O. The van der Waals surface area contributed by atoms with E-state index in [-0.39, 0.29) is 25.5 Å². The van der Waals surface area contributed by atoms with Gasteiger partial charge in [-0.1, -0.05) is 73.8 Å². The number of halogens is 1. The van der Waals surface area contributed by atoms with Crippen LogP contribution in [-0.4, -0.2) is 54.8 Å². The Hall–Kier alpha value is -2.42. The van der Waals surface area contributed by atoms with Crippen LogP contribution in [0.15, 0.2) is 54.6 Å². The van der Waals surface area contributed by atoms with E-state index in [0.29, 0.717) is 11.6 Å². The van der Waals surface area contributed by atoms with Gasteiger partial charge in [0.15, 0.2) is 0 Å². The van der Waals surface area contributed by atoms with E-state index < -0.39 is 22.0 Å². The molecule has 0 aliphatic heterocycles. The lowest BCUT2D eigenvalue weighted by Crippen LogP contribution is -2.51. The van der Waals surface area contributed by atoms with E-state index >= 15 is 0 Å². The van der Waals surface area contributed by atoms with Gasteiger partial charge in [0.25, 0.3) is 0 Å². The number of unbranched alkanes of at least 4 members (excludes halogenated alkanes) is 2. The molecule has 0 spiro atoms. The normalized spacial score (nSPS) is 12.4. The number of amides is 2. The number of nitrogens with zero attached hydrogens (tertiary/aromatic N) is 2. The summed E-state index contributed by atoms with van der Waals surface area (Å²) in [7, 11) is -3.67. The highest BCUT2D eigenvalue weighted by atomic mass is 35.5. The molecule has 0 unspecified atom stereocenters. The molecule has 0 saturated carbocycles. The fourth-order valence-electron chi connectivity index (χ4n) is 3.42. The third kappa shape index (κ3) is 9.08. The largest absolute Gasteiger partial charge is 0.354 e. The van der Waals surface area contributed by atoms with E-state index in [4.69, 9.17) is 11.6 Å². The van der Waals surface area contributed by atoms with E-state index in [1.54, 1.807) is 43.3 Å². The molecule has 186 valence electrons. The minimum Gasteiger partial charge on any atom is -0.354 e. The summed E-state index contributed by atoms with van der Waals surface area (Å²) in [5, 5.41) is 3.45. The molecule has 34 heavy (non-hydrogen) atoms. The second-order valence-corrected chi connectivity index (χ2v) is 10.8. The van der Waals surface area contributed by atoms with Gasteiger partial charge in [0.2, 0.25) is 21.8 Å². The molecule has 9 heteroatoms. The van der Waals surface area contributed by atoms with Crippen LogP contribution in [0.1, 0.15) is 44.2 Å². The van der Waals surface area contributed by atoms with Crippen molar-refractivity contribution in [3.63, 3.8) is 0 Å². The number of nitrogens with one attached hydrogen (secondary N) is 1. The van der Waals surface area contributed by atoms with Crippen LogP contribution in [0.2, 0.25) is 5.02 Å². The number of hydrogen-bond donors (Lipinski definition) is 1. The molecule has 0 aliphatic carbocycles. The van der Waals surface area contributed by atoms with Crippen LogP contribution >= 0.6 is 11.6 Å². The van der Waals surface area contributed by atoms with Crippen molar-refractivity contribution in [2.24, 2.45) is 0 Å². The summed E-state index contributed by atoms with van der Waals surface area (Å²) >= 11 is 5.98. The van der Waals surface area contributed by atoms with Crippen molar-refractivity contribution in [1.29, 1.82) is 0 Å². The van der Waals surface area contributed by atoms with Gasteiger partial charge in [-0.05, 0) is 36.6 Å². The lowest BCUT2D eigenvalue weighted by Gasteiger charge is -2.31. The van der Waals surface area contributed by atoms with Crippen molar-refractivity contribution in [3.05, 3.63) is 70.7 Å². The van der Waals surface area contributed by atoms with Gasteiger partial charge in [0.1, 0.15) is 6.04 Å². The van der Waals surface area contributed by atoms with Crippen molar-refractivity contribution in [3.8, 4) is 0 Å². The highest BCUT2D eigenvalue weighted by Crippen LogP contribution is 2.16. The Kier molecular flexibility index (Phi) is 11.0. The van der Waals surface area contributed by atoms with E-state index in [9.17, 15) is 18.0 Å². The van der Waals surface area contributed by atoms with Gasteiger partial charge in [-0.25, -0.2) is 8.42 Å². The third-order valence-corrected chi connectivity index (χ3v) is 6.94. The zero-order valence-electron chi connectivity index (χ0n) is 20.0. The van der Waals surface area contributed by atoms with Crippen molar-refractivity contribution < 1.29 is 18.0 Å². The highest BCUT2D eigenvalue weighted by molar-refractivity contribution is 7.88. The van der Waals surface area contributed by atoms with E-state index in [1.807, 2.05) is 18.2 Å². The van der Waals surface area contributed by atoms with Crippen molar-refractivity contribution in [2.75, 3.05) is 19.3 Å². The van der Waals surface area contributed by atoms with Crippen LogP contribution in [0.5, 0.6) is 0 Å². The Balaban J connectivity index is 2.23. The van der Waals surface area contributed by atoms with E-state index in [2.05, 4.69) is 12.2 Å². The minimum atomic E-state index is -3.67. The Morgan fingerprint density at radius 3 is 2.18 bits per heavy atom. The van der Waals surface area contributed by atoms with Gasteiger partial charge in [-0.15, -0.1) is 0 Å². The number of benzene rings is 2. The van der Waals surface area contributed by atoms with Crippen molar-refractivity contribution >= 4 is 33.4 Å². The van der Waals surface area contributed by atoms with E-state index in [0.717, 1.165) is 41.0 Å². The molecule has 0 fully saturated rings. The van der Waals surface area contributed by atoms with E-state index in [1.165, 1.54) is 4.90 Å². The summed E-state index contributed by atoms with van der Waals surface area (Å²) in [6.45, 7) is 4.13. The maximum absolute atomic E-state index is 13.4. The molecule has 0 aromatic heterocycles. The topological polar surface area (TPSA) is 86.8 Å². The lowest BCUT2D eigenvalue weighted by molar-refractivity contribution is -0.140. The van der Waals surface area contributed by atoms with Crippen molar-refractivity contribution in [2.45, 2.75) is 52.2 Å². The first kappa shape index (κ1) is 27.8. The summed E-state index contributed by atoms with van der Waals surface area (Å²) in [6.07, 6.45) is 3.98. The predicted molar refractivity (Wildman–Crippen MR) is 136 cm³/mol. The van der Waals surface area contributed by atoms with Crippen molar-refractivity contribution in [1.82, 2.24) is 14.5 Å². The number of carbonyl (C=O) groups excluding carboxylic acids is 2. The van der Waals surface area contributed by atoms with Crippen LogP contribution in [0.25, 0.3) is 0 Å². The zero-order valence-corrected chi connectivity index (χ0v) is 21.6. The summed E-state index contributed by atoms with van der Waals surface area (Å²) in [6, 6.07) is 15.3. The monoisotopic (exact) mass is 507 g/mol. The molecule has 0 saturated heterocycles. The zero-order chi connectivity index (χ0) is 25.1. The maximum atomic E-state index is 13.4. The molecular weight excluding hydrogens is 474 g/mol. The predicted octanol–water partition coefficient (Wildman–Crippen LogP) is 3.83.